The lowest BCUT2D eigenvalue weighted by Gasteiger charge is -2.16. The number of hydrogen-bond donors (Lipinski definition) is 2. The van der Waals surface area contributed by atoms with E-state index >= 15 is 0 Å². The molecule has 0 bridgehead atoms. The van der Waals surface area contributed by atoms with Crippen LogP contribution in [0.5, 0.6) is 5.75 Å². The molecule has 5 heteroatoms. The number of carbonyl (C=O) groups is 1. The first-order valence-electron chi connectivity index (χ1n) is 7.48. The molecular weight excluding hydrogens is 268 g/mol. The van der Waals surface area contributed by atoms with Gasteiger partial charge in [-0.1, -0.05) is 19.1 Å². The summed E-state index contributed by atoms with van der Waals surface area (Å²) in [4.78, 5) is 13.4. The van der Waals surface area contributed by atoms with Crippen LogP contribution in [0.3, 0.4) is 0 Å². The molecule has 5 nitrogen and oxygen atoms in total. The number of carbonyl (C=O) groups excluding carboxylic acids is 1. The molecule has 0 aliphatic carbocycles. The van der Waals surface area contributed by atoms with Crippen molar-refractivity contribution in [2.75, 3.05) is 26.7 Å². The third-order valence-electron chi connectivity index (χ3n) is 3.80. The number of aryl methyl sites for hydroxylation is 1. The molecule has 1 aromatic rings. The van der Waals surface area contributed by atoms with Gasteiger partial charge in [-0.25, -0.2) is 0 Å². The Morgan fingerprint density at radius 2 is 2.14 bits per heavy atom. The predicted molar refractivity (Wildman–Crippen MR) is 81.4 cm³/mol. The second kappa shape index (κ2) is 7.43. The van der Waals surface area contributed by atoms with Gasteiger partial charge in [0.25, 0.3) is 0 Å². The molecule has 2 atom stereocenters. The lowest BCUT2D eigenvalue weighted by molar-refractivity contribution is -0.128. The Bertz CT molecular complexity index is 461. The maximum absolute atomic E-state index is 11.7. The van der Waals surface area contributed by atoms with E-state index in [1.165, 1.54) is 5.56 Å². The van der Waals surface area contributed by atoms with Crippen LogP contribution in [-0.4, -0.2) is 54.8 Å². The molecule has 1 aromatic carbocycles. The molecule has 2 rings (SSSR count). The van der Waals surface area contributed by atoms with Crippen molar-refractivity contribution in [3.8, 4) is 5.75 Å². The van der Waals surface area contributed by atoms with Crippen LogP contribution in [0, 0.1) is 0 Å². The predicted octanol–water partition coefficient (Wildman–Crippen LogP) is 0.809. The second-order valence-electron chi connectivity index (χ2n) is 5.47. The number of rotatable bonds is 7. The zero-order valence-corrected chi connectivity index (χ0v) is 12.7. The normalized spacial score (nSPS) is 19.9. The summed E-state index contributed by atoms with van der Waals surface area (Å²) in [5.74, 6) is 0.848. The van der Waals surface area contributed by atoms with Crippen molar-refractivity contribution in [1.82, 2.24) is 10.2 Å². The highest BCUT2D eigenvalue weighted by Gasteiger charge is 2.28. The van der Waals surface area contributed by atoms with Crippen LogP contribution in [-0.2, 0) is 11.2 Å². The Morgan fingerprint density at radius 3 is 2.71 bits per heavy atom. The lowest BCUT2D eigenvalue weighted by atomic mass is 10.2. The molecule has 2 unspecified atom stereocenters. The van der Waals surface area contributed by atoms with Crippen molar-refractivity contribution in [1.29, 1.82) is 0 Å². The van der Waals surface area contributed by atoms with Gasteiger partial charge in [-0.3, -0.25) is 4.79 Å². The van der Waals surface area contributed by atoms with Gasteiger partial charge in [0.2, 0.25) is 5.91 Å². The number of nitrogens with one attached hydrogen (secondary N) is 1. The van der Waals surface area contributed by atoms with Gasteiger partial charge in [0, 0.05) is 20.1 Å². The summed E-state index contributed by atoms with van der Waals surface area (Å²) in [5.41, 5.74) is 1.26. The van der Waals surface area contributed by atoms with Crippen molar-refractivity contribution in [2.45, 2.75) is 31.9 Å². The van der Waals surface area contributed by atoms with Gasteiger partial charge < -0.3 is 20.1 Å². The molecule has 1 saturated heterocycles. The van der Waals surface area contributed by atoms with E-state index < -0.39 is 6.10 Å². The molecule has 21 heavy (non-hydrogen) atoms. The molecule has 1 aliphatic heterocycles. The first-order chi connectivity index (χ1) is 10.1. The number of ether oxygens (including phenoxy) is 1. The highest BCUT2D eigenvalue weighted by atomic mass is 16.5. The highest BCUT2D eigenvalue weighted by molar-refractivity contribution is 5.83. The van der Waals surface area contributed by atoms with Crippen molar-refractivity contribution in [3.05, 3.63) is 29.8 Å². The maximum atomic E-state index is 11.7. The largest absolute Gasteiger partial charge is 0.491 e. The van der Waals surface area contributed by atoms with Gasteiger partial charge in [0.1, 0.15) is 18.5 Å². The Hall–Kier alpha value is -1.59. The summed E-state index contributed by atoms with van der Waals surface area (Å²) < 4.78 is 5.55. The Kier molecular flexibility index (Phi) is 5.59. The van der Waals surface area contributed by atoms with Crippen molar-refractivity contribution < 1.29 is 14.6 Å². The van der Waals surface area contributed by atoms with Gasteiger partial charge in [-0.05, 0) is 30.5 Å². The molecule has 0 radical (unpaired) electrons. The maximum Gasteiger partial charge on any atom is 0.239 e. The fourth-order valence-corrected chi connectivity index (χ4v) is 2.36. The standard InChI is InChI=1S/C16H24N2O3/c1-3-12-4-6-14(7-5-12)21-11-13(19)10-17-15-8-9-18(2)16(15)20/h4-7,13,15,17,19H,3,8-11H2,1-2H3. The van der Waals surface area contributed by atoms with E-state index in [0.29, 0.717) is 6.54 Å². The van der Waals surface area contributed by atoms with E-state index in [1.807, 2.05) is 24.3 Å². The monoisotopic (exact) mass is 292 g/mol. The van der Waals surface area contributed by atoms with Crippen LogP contribution in [0.25, 0.3) is 0 Å². The number of hydrogen-bond acceptors (Lipinski definition) is 4. The van der Waals surface area contributed by atoms with Crippen LogP contribution in [0.2, 0.25) is 0 Å². The zero-order valence-electron chi connectivity index (χ0n) is 12.7. The van der Waals surface area contributed by atoms with Gasteiger partial charge in [0.05, 0.1) is 6.04 Å². The quantitative estimate of drug-likeness (QED) is 0.781. The number of nitrogens with zero attached hydrogens (tertiary/aromatic N) is 1. The molecule has 1 amide bonds. The fourth-order valence-electron chi connectivity index (χ4n) is 2.36. The van der Waals surface area contributed by atoms with Gasteiger partial charge >= 0.3 is 0 Å². The van der Waals surface area contributed by atoms with Crippen LogP contribution in [0.4, 0.5) is 0 Å². The topological polar surface area (TPSA) is 61.8 Å². The number of benzene rings is 1. The first-order valence-corrected chi connectivity index (χ1v) is 7.48. The number of likely N-dealkylation sites (N-methyl/N-ethyl adjacent to an activating group) is 1. The zero-order chi connectivity index (χ0) is 15.2. The molecule has 0 spiro atoms. The van der Waals surface area contributed by atoms with Crippen LogP contribution < -0.4 is 10.1 Å². The van der Waals surface area contributed by atoms with Gasteiger partial charge in [-0.2, -0.15) is 0 Å². The SMILES string of the molecule is CCc1ccc(OCC(O)CNC2CCN(C)C2=O)cc1. The Balaban J connectivity index is 1.69. The summed E-state index contributed by atoms with van der Waals surface area (Å²) in [6.45, 7) is 3.45. The molecule has 1 aliphatic rings. The summed E-state index contributed by atoms with van der Waals surface area (Å²) in [7, 11) is 1.80. The van der Waals surface area contributed by atoms with E-state index in [4.69, 9.17) is 4.74 Å². The summed E-state index contributed by atoms with van der Waals surface area (Å²) >= 11 is 0. The van der Waals surface area contributed by atoms with E-state index in [2.05, 4.69) is 12.2 Å². The average molecular weight is 292 g/mol. The lowest BCUT2D eigenvalue weighted by Crippen LogP contribution is -2.42. The van der Waals surface area contributed by atoms with E-state index in [1.54, 1.807) is 11.9 Å². The Morgan fingerprint density at radius 1 is 1.43 bits per heavy atom. The number of aliphatic hydroxyl groups excluding tert-OH is 1. The first kappa shape index (κ1) is 15.8. The van der Waals surface area contributed by atoms with E-state index in [0.717, 1.165) is 25.1 Å². The van der Waals surface area contributed by atoms with Crippen LogP contribution in [0.15, 0.2) is 24.3 Å². The summed E-state index contributed by atoms with van der Waals surface area (Å²) in [5, 5.41) is 13.0. The molecule has 0 saturated carbocycles. The number of likely N-dealkylation sites (tertiary alicyclic amines) is 1. The van der Waals surface area contributed by atoms with E-state index in [9.17, 15) is 9.90 Å². The van der Waals surface area contributed by atoms with Crippen LogP contribution in [0.1, 0.15) is 18.9 Å². The van der Waals surface area contributed by atoms with Gasteiger partial charge in [-0.15, -0.1) is 0 Å². The highest BCUT2D eigenvalue weighted by Crippen LogP contribution is 2.13. The smallest absolute Gasteiger partial charge is 0.239 e. The number of amides is 1. The minimum Gasteiger partial charge on any atom is -0.491 e. The number of aliphatic hydroxyl groups is 1. The molecule has 116 valence electrons. The Labute approximate surface area is 125 Å². The molecular formula is C16H24N2O3. The summed E-state index contributed by atoms with van der Waals surface area (Å²) in [6, 6.07) is 7.69. The van der Waals surface area contributed by atoms with Crippen molar-refractivity contribution in [2.24, 2.45) is 0 Å². The van der Waals surface area contributed by atoms with Crippen molar-refractivity contribution in [3.63, 3.8) is 0 Å². The molecule has 2 N–H and O–H groups in total. The summed E-state index contributed by atoms with van der Waals surface area (Å²) in [6.07, 6.45) is 1.16. The average Bonchev–Trinajstić information content (AvgIpc) is 2.83. The third-order valence-corrected chi connectivity index (χ3v) is 3.80. The fraction of sp³-hybridized carbons (Fsp3) is 0.562. The second-order valence-corrected chi connectivity index (χ2v) is 5.47. The van der Waals surface area contributed by atoms with E-state index in [-0.39, 0.29) is 18.6 Å². The minimum absolute atomic E-state index is 0.0956. The minimum atomic E-state index is -0.630. The van der Waals surface area contributed by atoms with Crippen LogP contribution >= 0.6 is 0 Å². The molecule has 1 heterocycles. The third kappa shape index (κ3) is 4.44. The molecule has 1 fully saturated rings. The van der Waals surface area contributed by atoms with Gasteiger partial charge in [0.15, 0.2) is 0 Å². The van der Waals surface area contributed by atoms with Crippen molar-refractivity contribution >= 4 is 5.91 Å². The molecule has 0 aromatic heterocycles.